The lowest BCUT2D eigenvalue weighted by atomic mass is 10.3. The third-order valence-electron chi connectivity index (χ3n) is 2.09. The molecule has 0 aromatic carbocycles. The Labute approximate surface area is 108 Å². The van der Waals surface area contributed by atoms with Gasteiger partial charge < -0.3 is 10.1 Å². The van der Waals surface area contributed by atoms with Crippen molar-refractivity contribution in [1.29, 1.82) is 0 Å². The van der Waals surface area contributed by atoms with Gasteiger partial charge in [0.15, 0.2) is 0 Å². The highest BCUT2D eigenvalue weighted by molar-refractivity contribution is 6.31. The highest BCUT2D eigenvalue weighted by atomic mass is 35.5. The molecule has 1 heterocycles. The largest absolute Gasteiger partial charge is 0.477 e. The van der Waals surface area contributed by atoms with Crippen LogP contribution in [0.25, 0.3) is 0 Å². The number of nitrogens with one attached hydrogen (secondary N) is 1. The van der Waals surface area contributed by atoms with E-state index in [1.54, 1.807) is 19.3 Å². The zero-order valence-corrected chi connectivity index (χ0v) is 10.6. The summed E-state index contributed by atoms with van der Waals surface area (Å²) in [6, 6.07) is 1.67. The number of ether oxygens (including phenoxy) is 1. The fourth-order valence-corrected chi connectivity index (χ4v) is 1.56. The van der Waals surface area contributed by atoms with Gasteiger partial charge in [0.05, 0.1) is 6.61 Å². The molecule has 102 valence electrons. The van der Waals surface area contributed by atoms with Gasteiger partial charge in [0.25, 0.3) is 0 Å². The van der Waals surface area contributed by atoms with E-state index in [4.69, 9.17) is 16.3 Å². The van der Waals surface area contributed by atoms with Crippen molar-refractivity contribution in [2.75, 3.05) is 13.7 Å². The maximum atomic E-state index is 11.9. The molecule has 0 unspecified atom stereocenters. The summed E-state index contributed by atoms with van der Waals surface area (Å²) in [7, 11) is 1.79. The maximum absolute atomic E-state index is 11.9. The first-order valence-electron chi connectivity index (χ1n) is 5.41. The summed E-state index contributed by atoms with van der Waals surface area (Å²) < 4.78 is 40.8. The molecular weight excluding hydrogens is 269 g/mol. The predicted molar refractivity (Wildman–Crippen MR) is 62.8 cm³/mol. The molecular formula is C11H14ClF3N2O. The maximum Gasteiger partial charge on any atom is 0.389 e. The summed E-state index contributed by atoms with van der Waals surface area (Å²) in [4.78, 5) is 3.96. The molecule has 0 radical (unpaired) electrons. The van der Waals surface area contributed by atoms with Crippen LogP contribution in [0.1, 0.15) is 18.4 Å². The van der Waals surface area contributed by atoms with Crippen LogP contribution in [0.3, 0.4) is 0 Å². The van der Waals surface area contributed by atoms with Gasteiger partial charge in [-0.15, -0.1) is 0 Å². The van der Waals surface area contributed by atoms with Crippen LogP contribution >= 0.6 is 11.6 Å². The fraction of sp³-hybridized carbons (Fsp3) is 0.545. The molecule has 0 spiro atoms. The number of alkyl halides is 3. The van der Waals surface area contributed by atoms with E-state index in [2.05, 4.69) is 10.3 Å². The van der Waals surface area contributed by atoms with Crippen molar-refractivity contribution in [3.05, 3.63) is 22.8 Å². The number of pyridine rings is 1. The standard InChI is InChI=1S/C11H14ClF3N2O/c1-16-6-8-5-9(12)10(17-7-8)18-4-2-3-11(13,14)15/h5,7,16H,2-4,6H2,1H3. The van der Waals surface area contributed by atoms with E-state index in [-0.39, 0.29) is 18.9 Å². The lowest BCUT2D eigenvalue weighted by Gasteiger charge is -2.09. The molecule has 0 saturated carbocycles. The van der Waals surface area contributed by atoms with E-state index >= 15 is 0 Å². The van der Waals surface area contributed by atoms with Gasteiger partial charge in [-0.1, -0.05) is 11.6 Å². The molecule has 0 fully saturated rings. The molecule has 0 amide bonds. The van der Waals surface area contributed by atoms with Crippen LogP contribution in [0.15, 0.2) is 12.3 Å². The van der Waals surface area contributed by atoms with Gasteiger partial charge in [-0.3, -0.25) is 0 Å². The molecule has 7 heteroatoms. The molecule has 18 heavy (non-hydrogen) atoms. The van der Waals surface area contributed by atoms with Crippen LogP contribution in [0.5, 0.6) is 5.88 Å². The Hall–Kier alpha value is -1.01. The lowest BCUT2D eigenvalue weighted by molar-refractivity contribution is -0.136. The average Bonchev–Trinajstić information content (AvgIpc) is 2.26. The van der Waals surface area contributed by atoms with Gasteiger partial charge in [-0.05, 0) is 25.1 Å². The Morgan fingerprint density at radius 1 is 1.44 bits per heavy atom. The summed E-state index contributed by atoms with van der Waals surface area (Å²) in [6.45, 7) is 0.554. The highest BCUT2D eigenvalue weighted by Gasteiger charge is 2.26. The second-order valence-corrected chi connectivity index (χ2v) is 4.14. The molecule has 0 aliphatic heterocycles. The van der Waals surface area contributed by atoms with E-state index in [0.29, 0.717) is 11.6 Å². The van der Waals surface area contributed by atoms with E-state index in [0.717, 1.165) is 5.56 Å². The van der Waals surface area contributed by atoms with E-state index in [1.165, 1.54) is 0 Å². The summed E-state index contributed by atoms with van der Waals surface area (Å²) >= 11 is 5.90. The quantitative estimate of drug-likeness (QED) is 0.814. The van der Waals surface area contributed by atoms with Crippen molar-refractivity contribution >= 4 is 11.6 Å². The van der Waals surface area contributed by atoms with E-state index < -0.39 is 12.6 Å². The van der Waals surface area contributed by atoms with Crippen LogP contribution in [0, 0.1) is 0 Å². The first-order valence-corrected chi connectivity index (χ1v) is 5.79. The SMILES string of the molecule is CNCc1cnc(OCCCC(F)(F)F)c(Cl)c1. The van der Waals surface area contributed by atoms with Crippen molar-refractivity contribution < 1.29 is 17.9 Å². The van der Waals surface area contributed by atoms with Crippen LogP contribution in [-0.2, 0) is 6.54 Å². The third-order valence-corrected chi connectivity index (χ3v) is 2.36. The van der Waals surface area contributed by atoms with E-state index in [9.17, 15) is 13.2 Å². The predicted octanol–water partition coefficient (Wildman–Crippen LogP) is 3.18. The molecule has 0 aliphatic carbocycles. The number of halogens is 4. The number of hydrogen-bond acceptors (Lipinski definition) is 3. The molecule has 1 N–H and O–H groups in total. The second-order valence-electron chi connectivity index (χ2n) is 3.73. The minimum Gasteiger partial charge on any atom is -0.477 e. The van der Waals surface area contributed by atoms with E-state index in [1.807, 2.05) is 0 Å². The molecule has 1 rings (SSSR count). The Bertz CT molecular complexity index is 385. The zero-order valence-electron chi connectivity index (χ0n) is 9.85. The van der Waals surface area contributed by atoms with Gasteiger partial charge >= 0.3 is 6.18 Å². The Morgan fingerprint density at radius 2 is 2.17 bits per heavy atom. The number of nitrogens with zero attached hydrogens (tertiary/aromatic N) is 1. The van der Waals surface area contributed by atoms with Crippen LogP contribution in [-0.4, -0.2) is 24.8 Å². The van der Waals surface area contributed by atoms with Crippen LogP contribution < -0.4 is 10.1 Å². The molecule has 3 nitrogen and oxygen atoms in total. The summed E-state index contributed by atoms with van der Waals surface area (Å²) in [5, 5.41) is 3.24. The summed E-state index contributed by atoms with van der Waals surface area (Å²) in [6.07, 6.45) is -3.57. The zero-order chi connectivity index (χ0) is 13.6. The normalized spacial score (nSPS) is 11.6. The number of hydrogen-bond donors (Lipinski definition) is 1. The smallest absolute Gasteiger partial charge is 0.389 e. The van der Waals surface area contributed by atoms with Crippen molar-refractivity contribution in [2.24, 2.45) is 0 Å². The molecule has 0 bridgehead atoms. The topological polar surface area (TPSA) is 34.2 Å². The first-order chi connectivity index (χ1) is 8.42. The lowest BCUT2D eigenvalue weighted by Crippen LogP contribution is -2.10. The van der Waals surface area contributed by atoms with Crippen molar-refractivity contribution in [2.45, 2.75) is 25.6 Å². The van der Waals surface area contributed by atoms with Crippen molar-refractivity contribution in [3.8, 4) is 5.88 Å². The Morgan fingerprint density at radius 3 is 2.72 bits per heavy atom. The van der Waals surface area contributed by atoms with Gasteiger partial charge in [-0.25, -0.2) is 4.98 Å². The molecule has 1 aromatic rings. The van der Waals surface area contributed by atoms with Gasteiger partial charge in [0, 0.05) is 19.2 Å². The molecule has 0 atom stereocenters. The van der Waals surface area contributed by atoms with Gasteiger partial charge in [0.2, 0.25) is 5.88 Å². The average molecular weight is 283 g/mol. The second kappa shape index (κ2) is 6.80. The third kappa shape index (κ3) is 5.55. The highest BCUT2D eigenvalue weighted by Crippen LogP contribution is 2.24. The summed E-state index contributed by atoms with van der Waals surface area (Å²) in [5.41, 5.74) is 0.880. The Kier molecular flexibility index (Phi) is 5.68. The number of rotatable bonds is 6. The van der Waals surface area contributed by atoms with Crippen molar-refractivity contribution in [1.82, 2.24) is 10.3 Å². The minimum atomic E-state index is -4.16. The molecule has 0 aliphatic rings. The van der Waals surface area contributed by atoms with Gasteiger partial charge in [0.1, 0.15) is 5.02 Å². The number of aromatic nitrogens is 1. The minimum absolute atomic E-state index is 0.0579. The van der Waals surface area contributed by atoms with Gasteiger partial charge in [-0.2, -0.15) is 13.2 Å². The summed E-state index contributed by atoms with van der Waals surface area (Å²) in [5.74, 6) is 0.165. The molecule has 0 saturated heterocycles. The van der Waals surface area contributed by atoms with Crippen LogP contribution in [0.2, 0.25) is 5.02 Å². The van der Waals surface area contributed by atoms with Crippen LogP contribution in [0.4, 0.5) is 13.2 Å². The monoisotopic (exact) mass is 282 g/mol. The first kappa shape index (κ1) is 15.0. The molecule has 1 aromatic heterocycles. The fourth-order valence-electron chi connectivity index (χ4n) is 1.31. The Balaban J connectivity index is 2.43. The van der Waals surface area contributed by atoms with Crippen molar-refractivity contribution in [3.63, 3.8) is 0 Å².